The molecule has 0 unspecified atom stereocenters. The van der Waals surface area contributed by atoms with E-state index in [9.17, 15) is 9.18 Å². The molecule has 1 fully saturated rings. The van der Waals surface area contributed by atoms with Crippen molar-refractivity contribution in [2.75, 3.05) is 25.2 Å². The number of hydrogen-bond acceptors (Lipinski definition) is 3. The van der Waals surface area contributed by atoms with Gasteiger partial charge in [0.2, 0.25) is 0 Å². The van der Waals surface area contributed by atoms with Crippen LogP contribution in [0, 0.1) is 22.6 Å². The van der Waals surface area contributed by atoms with Crippen LogP contribution in [0.25, 0.3) is 0 Å². The van der Waals surface area contributed by atoms with Crippen LogP contribution in [0.15, 0.2) is 22.7 Å². The topological polar surface area (TPSA) is 53.3 Å². The van der Waals surface area contributed by atoms with Crippen molar-refractivity contribution >= 4 is 27.5 Å². The van der Waals surface area contributed by atoms with E-state index in [4.69, 9.17) is 10.00 Å². The lowest BCUT2D eigenvalue weighted by Crippen LogP contribution is -2.53. The smallest absolute Gasteiger partial charge is 0.252 e. The van der Waals surface area contributed by atoms with Crippen molar-refractivity contribution in [3.05, 3.63) is 28.5 Å². The molecule has 0 N–H and O–H groups in total. The van der Waals surface area contributed by atoms with E-state index in [0.717, 1.165) is 4.90 Å². The van der Waals surface area contributed by atoms with Gasteiger partial charge >= 0.3 is 0 Å². The summed E-state index contributed by atoms with van der Waals surface area (Å²) in [5, 5.41) is 9.05. The molecular weight excluding hydrogens is 303 g/mol. The number of halogens is 2. The van der Waals surface area contributed by atoms with Crippen molar-refractivity contribution in [3.63, 3.8) is 0 Å². The minimum absolute atomic E-state index is 0.0578. The van der Waals surface area contributed by atoms with Gasteiger partial charge in [0.15, 0.2) is 5.41 Å². The Morgan fingerprint density at radius 2 is 2.28 bits per heavy atom. The van der Waals surface area contributed by atoms with Gasteiger partial charge in [0.25, 0.3) is 5.91 Å². The summed E-state index contributed by atoms with van der Waals surface area (Å²) in [5.41, 5.74) is -1.04. The van der Waals surface area contributed by atoms with Gasteiger partial charge in [0.1, 0.15) is 5.82 Å². The number of carbonyl (C=O) groups is 1. The highest BCUT2D eigenvalue weighted by Crippen LogP contribution is 2.32. The molecule has 1 saturated heterocycles. The van der Waals surface area contributed by atoms with Crippen LogP contribution in [-0.4, -0.2) is 26.2 Å². The number of amides is 1. The Kier molecular flexibility index (Phi) is 3.37. The third-order valence-corrected chi connectivity index (χ3v) is 3.39. The van der Waals surface area contributed by atoms with Gasteiger partial charge in [0.05, 0.1) is 25.0 Å². The van der Waals surface area contributed by atoms with Crippen molar-refractivity contribution in [1.29, 1.82) is 5.26 Å². The molecule has 0 bridgehead atoms. The SMILES string of the molecule is CN(C(=O)C1(C#N)COC1)c1cc(Br)ccc1F. The van der Waals surface area contributed by atoms with E-state index >= 15 is 0 Å². The van der Waals surface area contributed by atoms with Crippen LogP contribution in [0.2, 0.25) is 0 Å². The largest absolute Gasteiger partial charge is 0.377 e. The molecule has 0 aliphatic carbocycles. The number of hydrogen-bond donors (Lipinski definition) is 0. The molecule has 1 aromatic carbocycles. The average Bonchev–Trinajstić information content (AvgIpc) is 2.30. The fourth-order valence-corrected chi connectivity index (χ4v) is 2.06. The minimum Gasteiger partial charge on any atom is -0.377 e. The summed E-state index contributed by atoms with van der Waals surface area (Å²) in [6.07, 6.45) is 0. The van der Waals surface area contributed by atoms with E-state index in [-0.39, 0.29) is 18.9 Å². The second-order valence-corrected chi connectivity index (χ2v) is 5.06. The molecule has 6 heteroatoms. The number of anilines is 1. The molecule has 1 aliphatic heterocycles. The van der Waals surface area contributed by atoms with E-state index in [1.165, 1.54) is 19.2 Å². The molecular formula is C12H10BrFN2O2. The van der Waals surface area contributed by atoms with E-state index in [0.29, 0.717) is 4.47 Å². The summed E-state index contributed by atoms with van der Waals surface area (Å²) in [6, 6.07) is 6.26. The molecule has 0 saturated carbocycles. The van der Waals surface area contributed by atoms with Gasteiger partial charge in [0, 0.05) is 11.5 Å². The van der Waals surface area contributed by atoms with Crippen LogP contribution in [0.1, 0.15) is 0 Å². The van der Waals surface area contributed by atoms with Gasteiger partial charge in [-0.1, -0.05) is 15.9 Å². The molecule has 94 valence electrons. The summed E-state index contributed by atoms with van der Waals surface area (Å²) < 4.78 is 19.2. The second-order valence-electron chi connectivity index (χ2n) is 4.15. The maximum absolute atomic E-state index is 13.7. The van der Waals surface area contributed by atoms with Crippen LogP contribution in [0.5, 0.6) is 0 Å². The van der Waals surface area contributed by atoms with E-state index in [1.54, 1.807) is 6.07 Å². The Hall–Kier alpha value is -1.45. The Morgan fingerprint density at radius 3 is 2.78 bits per heavy atom. The quantitative estimate of drug-likeness (QED) is 0.840. The van der Waals surface area contributed by atoms with Crippen molar-refractivity contribution in [1.82, 2.24) is 0 Å². The zero-order valence-corrected chi connectivity index (χ0v) is 11.2. The molecule has 1 aromatic rings. The lowest BCUT2D eigenvalue weighted by Gasteiger charge is -2.36. The molecule has 1 aliphatic rings. The number of benzene rings is 1. The summed E-state index contributed by atoms with van der Waals surface area (Å²) in [4.78, 5) is 13.3. The average molecular weight is 313 g/mol. The van der Waals surface area contributed by atoms with Crippen LogP contribution in [0.4, 0.5) is 10.1 Å². The standard InChI is InChI=1S/C12H10BrFN2O2/c1-16(10-4-8(13)2-3-9(10)14)11(17)12(5-15)6-18-7-12/h2-4H,6-7H2,1H3. The zero-order valence-electron chi connectivity index (χ0n) is 9.61. The summed E-state index contributed by atoms with van der Waals surface area (Å²) in [6.45, 7) is 0.116. The summed E-state index contributed by atoms with van der Waals surface area (Å²) >= 11 is 3.22. The first-order valence-corrected chi connectivity index (χ1v) is 6.02. The van der Waals surface area contributed by atoms with Gasteiger partial charge in [-0.3, -0.25) is 4.79 Å². The number of nitriles is 1. The third kappa shape index (κ3) is 2.00. The minimum atomic E-state index is -1.18. The Bertz CT molecular complexity index is 537. The van der Waals surface area contributed by atoms with Crippen LogP contribution < -0.4 is 4.90 Å². The monoisotopic (exact) mass is 312 g/mol. The van der Waals surface area contributed by atoms with Gasteiger partial charge in [-0.25, -0.2) is 4.39 Å². The van der Waals surface area contributed by atoms with Crippen molar-refractivity contribution < 1.29 is 13.9 Å². The maximum Gasteiger partial charge on any atom is 0.252 e. The maximum atomic E-state index is 13.7. The summed E-state index contributed by atoms with van der Waals surface area (Å²) in [7, 11) is 1.45. The number of rotatable bonds is 2. The van der Waals surface area contributed by atoms with Crippen molar-refractivity contribution in [3.8, 4) is 6.07 Å². The van der Waals surface area contributed by atoms with Crippen LogP contribution in [0.3, 0.4) is 0 Å². The molecule has 4 nitrogen and oxygen atoms in total. The van der Waals surface area contributed by atoms with E-state index in [1.807, 2.05) is 6.07 Å². The highest BCUT2D eigenvalue weighted by molar-refractivity contribution is 9.10. The molecule has 0 aromatic heterocycles. The zero-order chi connectivity index (χ0) is 13.3. The fraction of sp³-hybridized carbons (Fsp3) is 0.333. The summed E-state index contributed by atoms with van der Waals surface area (Å²) in [5.74, 6) is -0.962. The number of carbonyl (C=O) groups excluding carboxylic acids is 1. The molecule has 0 radical (unpaired) electrons. The fourth-order valence-electron chi connectivity index (χ4n) is 1.72. The predicted octanol–water partition coefficient (Wildman–Crippen LogP) is 2.09. The highest BCUT2D eigenvalue weighted by Gasteiger charge is 2.48. The first kappa shape index (κ1) is 13.0. The molecule has 18 heavy (non-hydrogen) atoms. The third-order valence-electron chi connectivity index (χ3n) is 2.89. The Morgan fingerprint density at radius 1 is 1.61 bits per heavy atom. The van der Waals surface area contributed by atoms with Crippen molar-refractivity contribution in [2.45, 2.75) is 0 Å². The van der Waals surface area contributed by atoms with E-state index in [2.05, 4.69) is 15.9 Å². The van der Waals surface area contributed by atoms with Gasteiger partial charge < -0.3 is 9.64 Å². The lowest BCUT2D eigenvalue weighted by atomic mass is 9.86. The lowest BCUT2D eigenvalue weighted by molar-refractivity contribution is -0.146. The van der Waals surface area contributed by atoms with Crippen molar-refractivity contribution in [2.24, 2.45) is 5.41 Å². The number of ether oxygens (including phenoxy) is 1. The van der Waals surface area contributed by atoms with Crippen LogP contribution >= 0.6 is 15.9 Å². The first-order valence-electron chi connectivity index (χ1n) is 5.22. The Labute approximate surface area is 112 Å². The molecule has 0 spiro atoms. The Balaban J connectivity index is 2.31. The molecule has 2 rings (SSSR count). The second kappa shape index (κ2) is 4.67. The van der Waals surface area contributed by atoms with E-state index < -0.39 is 17.1 Å². The van der Waals surface area contributed by atoms with Gasteiger partial charge in [-0.2, -0.15) is 5.26 Å². The van der Waals surface area contributed by atoms with Crippen LogP contribution in [-0.2, 0) is 9.53 Å². The predicted molar refractivity (Wildman–Crippen MR) is 66.4 cm³/mol. The number of nitrogens with zero attached hydrogens (tertiary/aromatic N) is 2. The first-order chi connectivity index (χ1) is 8.50. The van der Waals surface area contributed by atoms with Gasteiger partial charge in [-0.15, -0.1) is 0 Å². The molecule has 0 atom stereocenters. The van der Waals surface area contributed by atoms with Gasteiger partial charge in [-0.05, 0) is 18.2 Å². The highest BCUT2D eigenvalue weighted by atomic mass is 79.9. The normalized spacial score (nSPS) is 16.6. The molecule has 1 heterocycles. The molecule has 1 amide bonds.